The maximum Gasteiger partial charge on any atom is 0.272 e. The van der Waals surface area contributed by atoms with Crippen molar-refractivity contribution in [3.63, 3.8) is 0 Å². The standard InChI is InChI=1S/C34H26N4O7S/c1-21(39)23-12-16-26(17-13-23)37-31(40)20-30(34(37)43)46-28-9-5-8-25(19-28)35-33(42)29(36-32(41)24-6-3-2-4-7-24)18-22-10-14-27(15-11-22)38(44)45/h2-19,30H,20H2,1H3,(H,35,42)(H,36,41)/b29-18-. The zero-order chi connectivity index (χ0) is 32.8. The number of thioether (sulfide) groups is 1. The van der Waals surface area contributed by atoms with Gasteiger partial charge in [-0.25, -0.2) is 4.90 Å². The van der Waals surface area contributed by atoms with Crippen LogP contribution in [0.15, 0.2) is 114 Å². The number of non-ortho nitro benzene ring substituents is 1. The lowest BCUT2D eigenvalue weighted by atomic mass is 10.1. The molecule has 1 aliphatic heterocycles. The van der Waals surface area contributed by atoms with Crippen molar-refractivity contribution in [1.82, 2.24) is 5.32 Å². The van der Waals surface area contributed by atoms with E-state index in [1.807, 2.05) is 0 Å². The van der Waals surface area contributed by atoms with Crippen molar-refractivity contribution in [1.29, 1.82) is 0 Å². The van der Waals surface area contributed by atoms with Crippen molar-refractivity contribution in [2.45, 2.75) is 23.5 Å². The Kier molecular flexibility index (Phi) is 9.48. The minimum absolute atomic E-state index is 0.0256. The van der Waals surface area contributed by atoms with E-state index in [4.69, 9.17) is 0 Å². The molecule has 2 N–H and O–H groups in total. The normalized spacial score (nSPS) is 14.6. The van der Waals surface area contributed by atoms with Crippen LogP contribution in [0.4, 0.5) is 17.1 Å². The average Bonchev–Trinajstić information content (AvgIpc) is 3.33. The highest BCUT2D eigenvalue weighted by Crippen LogP contribution is 2.35. The molecule has 5 rings (SSSR count). The molecule has 4 amide bonds. The zero-order valence-corrected chi connectivity index (χ0v) is 25.2. The highest BCUT2D eigenvalue weighted by molar-refractivity contribution is 8.00. The van der Waals surface area contributed by atoms with Gasteiger partial charge in [0.25, 0.3) is 17.5 Å². The predicted molar refractivity (Wildman–Crippen MR) is 173 cm³/mol. The van der Waals surface area contributed by atoms with Gasteiger partial charge >= 0.3 is 0 Å². The number of carbonyl (C=O) groups is 5. The van der Waals surface area contributed by atoms with Crippen molar-refractivity contribution in [3.8, 4) is 0 Å². The van der Waals surface area contributed by atoms with E-state index in [1.54, 1.807) is 78.9 Å². The predicted octanol–water partition coefficient (Wildman–Crippen LogP) is 5.63. The van der Waals surface area contributed by atoms with Crippen LogP contribution in [0.5, 0.6) is 0 Å². The number of Topliss-reactive ketones (excluding diaryl/α,β-unsaturated/α-hetero) is 1. The van der Waals surface area contributed by atoms with Crippen LogP contribution in [-0.2, 0) is 14.4 Å². The quantitative estimate of drug-likeness (QED) is 0.0748. The largest absolute Gasteiger partial charge is 0.321 e. The first-order valence-electron chi connectivity index (χ1n) is 14.0. The number of imide groups is 1. The number of carbonyl (C=O) groups excluding carboxylic acids is 5. The van der Waals surface area contributed by atoms with Gasteiger partial charge < -0.3 is 10.6 Å². The number of benzene rings is 4. The van der Waals surface area contributed by atoms with Crippen molar-refractivity contribution >= 4 is 64.3 Å². The molecule has 1 atom stereocenters. The van der Waals surface area contributed by atoms with E-state index in [-0.39, 0.29) is 29.5 Å². The lowest BCUT2D eigenvalue weighted by Gasteiger charge is -2.15. The summed E-state index contributed by atoms with van der Waals surface area (Å²) in [7, 11) is 0. The number of hydrogen-bond acceptors (Lipinski definition) is 8. The maximum atomic E-state index is 13.4. The van der Waals surface area contributed by atoms with Crippen LogP contribution in [0, 0.1) is 10.1 Å². The molecular formula is C34H26N4O7S. The summed E-state index contributed by atoms with van der Waals surface area (Å²) < 4.78 is 0. The van der Waals surface area contributed by atoms with E-state index in [1.165, 1.54) is 49.0 Å². The van der Waals surface area contributed by atoms with E-state index in [0.29, 0.717) is 33.0 Å². The Morgan fingerprint density at radius 2 is 1.59 bits per heavy atom. The van der Waals surface area contributed by atoms with Gasteiger partial charge in [-0.05, 0) is 85.3 Å². The second-order valence-electron chi connectivity index (χ2n) is 10.2. The first-order chi connectivity index (χ1) is 22.1. The minimum Gasteiger partial charge on any atom is -0.321 e. The Hall–Kier alpha value is -5.88. The third kappa shape index (κ3) is 7.42. The molecule has 0 bridgehead atoms. The molecule has 0 saturated carbocycles. The van der Waals surface area contributed by atoms with Crippen LogP contribution < -0.4 is 15.5 Å². The van der Waals surface area contributed by atoms with Gasteiger partial charge in [0.1, 0.15) is 5.70 Å². The Bertz CT molecular complexity index is 1870. The molecule has 46 heavy (non-hydrogen) atoms. The molecule has 0 aliphatic carbocycles. The molecule has 4 aromatic rings. The molecule has 0 radical (unpaired) electrons. The molecule has 0 aromatic heterocycles. The number of anilines is 2. The van der Waals surface area contributed by atoms with Crippen LogP contribution in [0.1, 0.15) is 39.6 Å². The Balaban J connectivity index is 1.32. The van der Waals surface area contributed by atoms with Gasteiger partial charge in [-0.3, -0.25) is 34.1 Å². The molecule has 4 aromatic carbocycles. The summed E-state index contributed by atoms with van der Waals surface area (Å²) in [5.74, 6) is -2.07. The monoisotopic (exact) mass is 634 g/mol. The highest BCUT2D eigenvalue weighted by atomic mass is 32.2. The lowest BCUT2D eigenvalue weighted by molar-refractivity contribution is -0.384. The van der Waals surface area contributed by atoms with Gasteiger partial charge in [-0.2, -0.15) is 0 Å². The van der Waals surface area contributed by atoms with Crippen molar-refractivity contribution < 1.29 is 28.9 Å². The van der Waals surface area contributed by atoms with Crippen LogP contribution in [0.2, 0.25) is 0 Å². The van der Waals surface area contributed by atoms with Crippen molar-refractivity contribution in [3.05, 3.63) is 136 Å². The number of amides is 4. The Labute approximate surface area is 267 Å². The topological polar surface area (TPSA) is 156 Å². The molecular weight excluding hydrogens is 608 g/mol. The summed E-state index contributed by atoms with van der Waals surface area (Å²) in [5.41, 5.74) is 1.76. The van der Waals surface area contributed by atoms with E-state index in [9.17, 15) is 34.1 Å². The molecule has 11 nitrogen and oxygen atoms in total. The van der Waals surface area contributed by atoms with Gasteiger partial charge in [0.05, 0.1) is 15.9 Å². The second-order valence-corrected chi connectivity index (χ2v) is 11.5. The third-order valence-electron chi connectivity index (χ3n) is 6.95. The smallest absolute Gasteiger partial charge is 0.272 e. The molecule has 230 valence electrons. The fourth-order valence-electron chi connectivity index (χ4n) is 4.62. The lowest BCUT2D eigenvalue weighted by Crippen LogP contribution is -2.31. The summed E-state index contributed by atoms with van der Waals surface area (Å²) in [4.78, 5) is 76.2. The number of nitrogens with zero attached hydrogens (tertiary/aromatic N) is 2. The first-order valence-corrected chi connectivity index (χ1v) is 14.9. The van der Waals surface area contributed by atoms with Gasteiger partial charge in [0.2, 0.25) is 11.8 Å². The molecule has 1 unspecified atom stereocenters. The van der Waals surface area contributed by atoms with E-state index in [0.717, 1.165) is 4.90 Å². The van der Waals surface area contributed by atoms with Crippen LogP contribution in [-0.4, -0.2) is 39.6 Å². The zero-order valence-electron chi connectivity index (χ0n) is 24.3. The SMILES string of the molecule is CC(=O)c1ccc(N2C(=O)CC(Sc3cccc(NC(=O)/C(=C/c4ccc([N+](=O)[O-])cc4)NC(=O)c4ccccc4)c3)C2=O)cc1. The fraction of sp³-hybridized carbons (Fsp3) is 0.0882. The van der Waals surface area contributed by atoms with Gasteiger partial charge in [-0.1, -0.05) is 24.3 Å². The van der Waals surface area contributed by atoms with Crippen LogP contribution in [0.3, 0.4) is 0 Å². The molecule has 0 spiro atoms. The van der Waals surface area contributed by atoms with Gasteiger partial charge in [-0.15, -0.1) is 11.8 Å². The van der Waals surface area contributed by atoms with Crippen LogP contribution in [0.25, 0.3) is 6.08 Å². The molecule has 1 fully saturated rings. The molecule has 1 aliphatic rings. The molecule has 1 saturated heterocycles. The number of nitro groups is 1. The number of nitro benzene ring substituents is 1. The van der Waals surface area contributed by atoms with E-state index in [2.05, 4.69) is 10.6 Å². The van der Waals surface area contributed by atoms with E-state index >= 15 is 0 Å². The summed E-state index contributed by atoms with van der Waals surface area (Å²) in [5, 5.41) is 15.7. The van der Waals surface area contributed by atoms with Gasteiger partial charge in [0, 0.05) is 40.3 Å². The number of rotatable bonds is 10. The maximum absolute atomic E-state index is 13.4. The fourth-order valence-corrected chi connectivity index (χ4v) is 5.74. The summed E-state index contributed by atoms with van der Waals surface area (Å²) >= 11 is 1.18. The summed E-state index contributed by atoms with van der Waals surface area (Å²) in [6.07, 6.45) is 1.38. The van der Waals surface area contributed by atoms with Gasteiger partial charge in [0.15, 0.2) is 5.78 Å². The Morgan fingerprint density at radius 3 is 2.24 bits per heavy atom. The van der Waals surface area contributed by atoms with Crippen molar-refractivity contribution in [2.75, 3.05) is 10.2 Å². The Morgan fingerprint density at radius 1 is 0.891 bits per heavy atom. The number of nitrogens with one attached hydrogen (secondary N) is 2. The van der Waals surface area contributed by atoms with Crippen LogP contribution >= 0.6 is 11.8 Å². The average molecular weight is 635 g/mol. The number of ketones is 1. The summed E-state index contributed by atoms with van der Waals surface area (Å²) in [6.45, 7) is 1.43. The first kappa shape index (κ1) is 31.5. The molecule has 1 heterocycles. The third-order valence-corrected chi connectivity index (χ3v) is 8.13. The highest BCUT2D eigenvalue weighted by Gasteiger charge is 2.40. The van der Waals surface area contributed by atoms with Crippen molar-refractivity contribution in [2.24, 2.45) is 0 Å². The molecule has 12 heteroatoms. The number of hydrogen-bond donors (Lipinski definition) is 2. The minimum atomic E-state index is -0.700. The second kappa shape index (κ2) is 13.8. The van der Waals surface area contributed by atoms with E-state index < -0.39 is 27.9 Å². The summed E-state index contributed by atoms with van der Waals surface area (Å²) in [6, 6.07) is 26.8.